The second-order valence-electron chi connectivity index (χ2n) is 19.2. The van der Waals surface area contributed by atoms with Crippen LogP contribution in [0.3, 0.4) is 0 Å². The zero-order valence-electron chi connectivity index (χ0n) is 44.0. The Kier molecular flexibility index (Phi) is 53.8. The first kappa shape index (κ1) is 69.3. The molecule has 0 saturated carbocycles. The molecule has 0 saturated heterocycles. The molecule has 0 bridgehead atoms. The van der Waals surface area contributed by atoms with Crippen LogP contribution in [0.1, 0.15) is 220 Å². The monoisotopic (exact) mass is 963 g/mol. The van der Waals surface area contributed by atoms with Crippen LogP contribution >= 0.6 is 0 Å². The third kappa shape index (κ3) is 40.9. The maximum Gasteiger partial charge on any atom is 0.500 e. The zero-order chi connectivity index (χ0) is 45.1. The van der Waals surface area contributed by atoms with Crippen LogP contribution in [0.15, 0.2) is 0 Å². The van der Waals surface area contributed by atoms with Crippen molar-refractivity contribution in [2.45, 2.75) is 232 Å². The van der Waals surface area contributed by atoms with Gasteiger partial charge in [-0.25, -0.2) is 0 Å². The Balaban J connectivity index is -0.000000566. The average Bonchev–Trinajstić information content (AvgIpc) is 3.25. The molecule has 0 aromatic rings. The van der Waals surface area contributed by atoms with Crippen LogP contribution in [0, 0.1) is 0 Å². The third-order valence-corrected chi connectivity index (χ3v) is 18.9. The summed E-state index contributed by atoms with van der Waals surface area (Å²) in [6.07, 6.45) is 43.0. The molecule has 0 unspecified atom stereocenters. The van der Waals surface area contributed by atoms with Crippen LogP contribution in [0.25, 0.3) is 0 Å². The molecule has 0 N–H and O–H groups in total. The smallest absolute Gasteiger partial charge is 0.500 e. The van der Waals surface area contributed by atoms with Gasteiger partial charge in [-0.1, -0.05) is 168 Å². The second-order valence-corrected chi connectivity index (χ2v) is 25.3. The molecule has 0 rings (SSSR count). The summed E-state index contributed by atoms with van der Waals surface area (Å²) < 4.78 is 35.8. The molecule has 0 amide bonds. The van der Waals surface area contributed by atoms with Gasteiger partial charge in [0.2, 0.25) is 0 Å². The molecule has 0 aliphatic rings. The van der Waals surface area contributed by atoms with E-state index >= 15 is 0 Å². The minimum atomic E-state index is -2.46. The van der Waals surface area contributed by atoms with Gasteiger partial charge in [-0.15, -0.1) is 0 Å². The second kappa shape index (κ2) is 48.2. The minimum absolute atomic E-state index is 0. The molecule has 12 heteroatoms. The Morgan fingerprint density at radius 3 is 0.726 bits per heavy atom. The fourth-order valence-corrected chi connectivity index (χ4v) is 12.2. The molecule has 0 aromatic heterocycles. The number of halogens is 2. The first-order chi connectivity index (χ1) is 29.0. The quantitative estimate of drug-likeness (QED) is 0.0348. The van der Waals surface area contributed by atoms with Crippen LogP contribution in [-0.4, -0.2) is 123 Å². The van der Waals surface area contributed by atoms with Gasteiger partial charge in [0.05, 0.1) is 53.9 Å². The van der Waals surface area contributed by atoms with Crippen LogP contribution in [-0.2, 0) is 26.6 Å². The summed E-state index contributed by atoms with van der Waals surface area (Å²) in [5.41, 5.74) is 0. The van der Waals surface area contributed by atoms with Gasteiger partial charge in [-0.2, -0.15) is 0 Å². The van der Waals surface area contributed by atoms with Crippen molar-refractivity contribution in [1.29, 1.82) is 0 Å². The third-order valence-electron chi connectivity index (χ3n) is 13.3. The molecular formula is C50H112Cl2N2O6Si2. The van der Waals surface area contributed by atoms with Crippen molar-refractivity contribution in [2.24, 2.45) is 0 Å². The highest BCUT2D eigenvalue weighted by Gasteiger charge is 2.39. The lowest BCUT2D eigenvalue weighted by Crippen LogP contribution is -3.00. The number of unbranched alkanes of at least 4 members (excludes halogenated alkanes) is 26. The lowest BCUT2D eigenvalue weighted by atomic mass is 10.1. The molecule has 0 aliphatic carbocycles. The van der Waals surface area contributed by atoms with E-state index in [4.69, 9.17) is 26.6 Å². The SMILES string of the molecule is CCCCCCCCCCCC[N+](C)(CCCCCCCCCCCC)CCC[Si](OC)(OC)OC.CCCCCCCCCCC[N+](C)(C)CCC[Si](OC)(OC)OC.[Cl-].[Cl-]. The standard InChI is InChI=1S/C31H68NO3Si.C19H44NO3Si.2ClH/c1-7-9-11-13-15-17-19-21-23-25-28-32(3,30-27-31-36(33-4,34-5)35-6)29-26-24-22-20-18-16-14-12-10-8-2;1-7-8-9-10-11-12-13-14-15-17-20(2,3)18-16-19-24(21-4,22-5)23-6;;/h7-31H2,1-6H3;7-19H2,1-6H3;2*1H/q2*+1;;/p-2. The van der Waals surface area contributed by atoms with Crippen LogP contribution < -0.4 is 24.8 Å². The van der Waals surface area contributed by atoms with E-state index in [9.17, 15) is 0 Å². The van der Waals surface area contributed by atoms with Crippen molar-refractivity contribution >= 4 is 17.6 Å². The van der Waals surface area contributed by atoms with E-state index in [-0.39, 0.29) is 24.8 Å². The van der Waals surface area contributed by atoms with E-state index in [1.165, 1.54) is 217 Å². The van der Waals surface area contributed by atoms with E-state index in [2.05, 4.69) is 41.9 Å². The first-order valence-electron chi connectivity index (χ1n) is 25.9. The van der Waals surface area contributed by atoms with Crippen molar-refractivity contribution in [3.63, 3.8) is 0 Å². The number of hydrogen-bond acceptors (Lipinski definition) is 6. The van der Waals surface area contributed by atoms with Crippen molar-refractivity contribution in [2.75, 3.05) is 96.5 Å². The number of quaternary nitrogens is 2. The van der Waals surface area contributed by atoms with Crippen molar-refractivity contribution in [3.05, 3.63) is 0 Å². The molecule has 0 radical (unpaired) electrons. The molecule has 0 atom stereocenters. The predicted octanol–water partition coefficient (Wildman–Crippen LogP) is 8.41. The molecule has 0 spiro atoms. The van der Waals surface area contributed by atoms with Gasteiger partial charge >= 0.3 is 17.6 Å². The number of nitrogens with zero attached hydrogens (tertiary/aromatic N) is 2. The molecule has 0 heterocycles. The van der Waals surface area contributed by atoms with E-state index in [0.29, 0.717) is 0 Å². The van der Waals surface area contributed by atoms with Gasteiger partial charge in [0.15, 0.2) is 0 Å². The average molecular weight is 965 g/mol. The van der Waals surface area contributed by atoms with Crippen LogP contribution in [0.2, 0.25) is 12.1 Å². The van der Waals surface area contributed by atoms with Crippen molar-refractivity contribution in [3.8, 4) is 0 Å². The first-order valence-corrected chi connectivity index (χ1v) is 29.8. The Morgan fingerprint density at radius 2 is 0.468 bits per heavy atom. The van der Waals surface area contributed by atoms with E-state index in [1.54, 1.807) is 42.7 Å². The van der Waals surface area contributed by atoms with Gasteiger partial charge in [-0.05, 0) is 38.5 Å². The summed E-state index contributed by atoms with van der Waals surface area (Å²) in [4.78, 5) is 0. The van der Waals surface area contributed by atoms with Gasteiger partial charge in [-0.3, -0.25) is 0 Å². The topological polar surface area (TPSA) is 55.4 Å². The molecule has 0 fully saturated rings. The maximum absolute atomic E-state index is 5.67. The van der Waals surface area contributed by atoms with Crippen molar-refractivity contribution < 1.29 is 60.3 Å². The zero-order valence-corrected chi connectivity index (χ0v) is 47.5. The molecule has 62 heavy (non-hydrogen) atoms. The Labute approximate surface area is 404 Å². The Morgan fingerprint density at radius 1 is 0.274 bits per heavy atom. The highest BCUT2D eigenvalue weighted by Crippen LogP contribution is 2.21. The fourth-order valence-electron chi connectivity index (χ4n) is 8.77. The van der Waals surface area contributed by atoms with E-state index < -0.39 is 17.6 Å². The summed E-state index contributed by atoms with van der Waals surface area (Å²) >= 11 is 0. The largest absolute Gasteiger partial charge is 1.00 e. The summed E-state index contributed by atoms with van der Waals surface area (Å²) in [6, 6.07) is 1.82. The maximum atomic E-state index is 5.67. The van der Waals surface area contributed by atoms with Crippen LogP contribution in [0.5, 0.6) is 0 Å². The highest BCUT2D eigenvalue weighted by atomic mass is 35.5. The lowest BCUT2D eigenvalue weighted by molar-refractivity contribution is -0.910. The van der Waals surface area contributed by atoms with E-state index in [0.717, 1.165) is 36.0 Å². The molecule has 0 aliphatic heterocycles. The van der Waals surface area contributed by atoms with Crippen molar-refractivity contribution in [1.82, 2.24) is 0 Å². The summed E-state index contributed by atoms with van der Waals surface area (Å²) in [5.74, 6) is 0. The molecule has 8 nitrogen and oxygen atoms in total. The number of rotatable bonds is 46. The summed E-state index contributed by atoms with van der Waals surface area (Å²) in [6.45, 7) is 13.1. The minimum Gasteiger partial charge on any atom is -1.00 e. The fraction of sp³-hybridized carbons (Fsp3) is 1.00. The van der Waals surface area contributed by atoms with Gasteiger partial charge in [0, 0.05) is 67.6 Å². The molecule has 380 valence electrons. The Hall–Kier alpha value is 0.694. The Bertz CT molecular complexity index is 835. The molecular weight excluding hydrogens is 852 g/mol. The number of hydrogen-bond donors (Lipinski definition) is 0. The van der Waals surface area contributed by atoms with Gasteiger partial charge < -0.3 is 60.3 Å². The highest BCUT2D eigenvalue weighted by molar-refractivity contribution is 6.60. The normalized spacial score (nSPS) is 12.2. The van der Waals surface area contributed by atoms with E-state index in [1.807, 2.05) is 0 Å². The lowest BCUT2D eigenvalue weighted by Gasteiger charge is -2.36. The van der Waals surface area contributed by atoms with Gasteiger partial charge in [0.1, 0.15) is 0 Å². The summed E-state index contributed by atoms with van der Waals surface area (Å²) in [5, 5.41) is 0. The predicted molar refractivity (Wildman–Crippen MR) is 266 cm³/mol. The van der Waals surface area contributed by atoms with Crippen LogP contribution in [0.4, 0.5) is 0 Å². The summed E-state index contributed by atoms with van der Waals surface area (Å²) in [7, 11) is 12.6. The molecule has 0 aromatic carbocycles. The van der Waals surface area contributed by atoms with Gasteiger partial charge in [0.25, 0.3) is 0 Å².